The number of carbonyl (C=O) groups is 1. The van der Waals surface area contributed by atoms with Crippen molar-refractivity contribution in [1.82, 2.24) is 4.90 Å². The zero-order valence-electron chi connectivity index (χ0n) is 10.1. The lowest BCUT2D eigenvalue weighted by molar-refractivity contribution is -0.152. The van der Waals surface area contributed by atoms with Crippen molar-refractivity contribution in [2.24, 2.45) is 17.3 Å². The van der Waals surface area contributed by atoms with Gasteiger partial charge in [-0.3, -0.25) is 4.79 Å². The minimum absolute atomic E-state index is 0.0168. The van der Waals surface area contributed by atoms with E-state index < -0.39 is 0 Å². The summed E-state index contributed by atoms with van der Waals surface area (Å²) in [5.74, 6) is 1.97. The molecule has 16 heavy (non-hydrogen) atoms. The third-order valence-electron chi connectivity index (χ3n) is 4.85. The van der Waals surface area contributed by atoms with Crippen LogP contribution in [0.15, 0.2) is 0 Å². The summed E-state index contributed by atoms with van der Waals surface area (Å²) in [5.41, 5.74) is -0.0168. The summed E-state index contributed by atoms with van der Waals surface area (Å²) in [7, 11) is 3.81. The van der Waals surface area contributed by atoms with E-state index in [-0.39, 0.29) is 5.41 Å². The van der Waals surface area contributed by atoms with E-state index in [2.05, 4.69) is 15.9 Å². The van der Waals surface area contributed by atoms with Crippen LogP contribution in [0.2, 0.25) is 0 Å². The molecular formula is C13H20BrNO. The van der Waals surface area contributed by atoms with Gasteiger partial charge in [-0.25, -0.2) is 0 Å². The van der Waals surface area contributed by atoms with Gasteiger partial charge in [0.2, 0.25) is 5.91 Å². The summed E-state index contributed by atoms with van der Waals surface area (Å²) in [6, 6.07) is 0. The Morgan fingerprint density at radius 2 is 1.75 bits per heavy atom. The molecule has 0 aromatic rings. The Morgan fingerprint density at radius 3 is 2.19 bits per heavy atom. The van der Waals surface area contributed by atoms with Crippen LogP contribution in [0.25, 0.3) is 0 Å². The van der Waals surface area contributed by atoms with Gasteiger partial charge in [0.15, 0.2) is 0 Å². The van der Waals surface area contributed by atoms with E-state index in [0.29, 0.717) is 10.2 Å². The molecule has 0 aromatic heterocycles. The van der Waals surface area contributed by atoms with Gasteiger partial charge < -0.3 is 4.90 Å². The number of hydrogen-bond acceptors (Lipinski definition) is 1. The van der Waals surface area contributed by atoms with Crippen LogP contribution in [0, 0.1) is 17.3 Å². The lowest BCUT2D eigenvalue weighted by Crippen LogP contribution is -2.58. The zero-order valence-corrected chi connectivity index (χ0v) is 11.7. The first-order valence-corrected chi connectivity index (χ1v) is 7.12. The second kappa shape index (κ2) is 3.24. The Balaban J connectivity index is 1.95. The molecule has 4 bridgehead atoms. The van der Waals surface area contributed by atoms with Gasteiger partial charge in [-0.05, 0) is 50.4 Å². The van der Waals surface area contributed by atoms with Gasteiger partial charge in [-0.1, -0.05) is 15.9 Å². The molecule has 2 nitrogen and oxygen atoms in total. The van der Waals surface area contributed by atoms with E-state index in [0.717, 1.165) is 31.1 Å². The molecule has 0 N–H and O–H groups in total. The van der Waals surface area contributed by atoms with E-state index in [1.54, 1.807) is 0 Å². The number of carbonyl (C=O) groups excluding carboxylic acids is 1. The fourth-order valence-electron chi connectivity index (χ4n) is 4.88. The van der Waals surface area contributed by atoms with Crippen molar-refractivity contribution in [3.05, 3.63) is 0 Å². The fraction of sp³-hybridized carbons (Fsp3) is 0.923. The van der Waals surface area contributed by atoms with Crippen LogP contribution in [0.1, 0.15) is 38.5 Å². The summed E-state index contributed by atoms with van der Waals surface area (Å²) < 4.78 is 0.294. The molecule has 4 atom stereocenters. The predicted molar refractivity (Wildman–Crippen MR) is 67.5 cm³/mol. The molecule has 0 aromatic carbocycles. The highest BCUT2D eigenvalue weighted by Crippen LogP contribution is 2.64. The Labute approximate surface area is 106 Å². The molecule has 4 fully saturated rings. The van der Waals surface area contributed by atoms with Crippen molar-refractivity contribution in [3.8, 4) is 0 Å². The molecule has 2 unspecified atom stereocenters. The summed E-state index contributed by atoms with van der Waals surface area (Å²) in [6.45, 7) is 0. The Morgan fingerprint density at radius 1 is 1.19 bits per heavy atom. The molecular weight excluding hydrogens is 266 g/mol. The highest BCUT2D eigenvalue weighted by atomic mass is 79.9. The Hall–Kier alpha value is -0.0500. The number of hydrogen-bond donors (Lipinski definition) is 0. The summed E-state index contributed by atoms with van der Waals surface area (Å²) >= 11 is 3.94. The SMILES string of the molecule is CN(C)C(=O)C12C[C@@H]3C[C@@H](CC(Br)(C3)C1)C2. The van der Waals surface area contributed by atoms with Crippen molar-refractivity contribution < 1.29 is 4.79 Å². The van der Waals surface area contributed by atoms with Crippen LogP contribution in [-0.2, 0) is 4.79 Å². The van der Waals surface area contributed by atoms with Crippen LogP contribution in [0.5, 0.6) is 0 Å². The molecule has 0 aliphatic heterocycles. The predicted octanol–water partition coefficient (Wildman–Crippen LogP) is 2.81. The first-order chi connectivity index (χ1) is 7.42. The average molecular weight is 286 g/mol. The standard InChI is InChI=1S/C13H20BrNO/c1-15(2)11(16)12-4-9-3-10(5-12)7-13(14,6-9)8-12/h9-10H,3-8H2,1-2H3/t9-,10+,12?,13?. The topological polar surface area (TPSA) is 20.3 Å². The summed E-state index contributed by atoms with van der Waals surface area (Å²) in [6.07, 6.45) is 7.33. The molecule has 0 spiro atoms. The molecule has 3 heteroatoms. The second-order valence-corrected chi connectivity index (χ2v) is 8.27. The van der Waals surface area contributed by atoms with Crippen molar-refractivity contribution in [1.29, 1.82) is 0 Å². The van der Waals surface area contributed by atoms with Crippen molar-refractivity contribution in [2.75, 3.05) is 14.1 Å². The molecule has 0 radical (unpaired) electrons. The lowest BCUT2D eigenvalue weighted by Gasteiger charge is -2.59. The van der Waals surface area contributed by atoms with Crippen LogP contribution in [0.3, 0.4) is 0 Å². The number of alkyl halides is 1. The number of rotatable bonds is 1. The first kappa shape index (κ1) is 11.1. The normalized spacial score (nSPS) is 49.4. The fourth-order valence-corrected chi connectivity index (χ4v) is 6.33. The van der Waals surface area contributed by atoms with Crippen molar-refractivity contribution >= 4 is 21.8 Å². The third kappa shape index (κ3) is 1.47. The monoisotopic (exact) mass is 285 g/mol. The van der Waals surface area contributed by atoms with E-state index >= 15 is 0 Å². The molecule has 4 saturated carbocycles. The maximum absolute atomic E-state index is 12.4. The van der Waals surface area contributed by atoms with Crippen molar-refractivity contribution in [2.45, 2.75) is 42.8 Å². The third-order valence-corrected chi connectivity index (χ3v) is 5.78. The van der Waals surface area contributed by atoms with Gasteiger partial charge in [-0.15, -0.1) is 0 Å². The Bertz CT molecular complexity index is 325. The maximum Gasteiger partial charge on any atom is 0.228 e. The molecule has 90 valence electrons. The van der Waals surface area contributed by atoms with Gasteiger partial charge in [0.25, 0.3) is 0 Å². The first-order valence-electron chi connectivity index (χ1n) is 6.33. The second-order valence-electron chi connectivity index (χ2n) is 6.59. The van der Waals surface area contributed by atoms with Crippen molar-refractivity contribution in [3.63, 3.8) is 0 Å². The zero-order chi connectivity index (χ0) is 11.6. The van der Waals surface area contributed by atoms with Crippen LogP contribution in [-0.4, -0.2) is 29.2 Å². The van der Waals surface area contributed by atoms with E-state index in [9.17, 15) is 4.79 Å². The maximum atomic E-state index is 12.4. The quantitative estimate of drug-likeness (QED) is 0.679. The molecule has 4 aliphatic carbocycles. The highest BCUT2D eigenvalue weighted by molar-refractivity contribution is 9.10. The van der Waals surface area contributed by atoms with E-state index in [1.165, 1.54) is 19.3 Å². The molecule has 1 amide bonds. The van der Waals surface area contributed by atoms with Gasteiger partial charge in [0.1, 0.15) is 0 Å². The molecule has 4 rings (SSSR count). The van der Waals surface area contributed by atoms with Crippen LogP contribution < -0.4 is 0 Å². The minimum atomic E-state index is -0.0168. The van der Waals surface area contributed by atoms with Gasteiger partial charge in [0.05, 0.1) is 5.41 Å². The lowest BCUT2D eigenvalue weighted by atomic mass is 9.49. The molecule has 0 saturated heterocycles. The number of amides is 1. The molecule has 4 aliphatic rings. The van der Waals surface area contributed by atoms with Crippen LogP contribution in [0.4, 0.5) is 0 Å². The highest BCUT2D eigenvalue weighted by Gasteiger charge is 2.59. The van der Waals surface area contributed by atoms with E-state index in [1.807, 2.05) is 19.0 Å². The Kier molecular flexibility index (Phi) is 2.24. The largest absolute Gasteiger partial charge is 0.348 e. The van der Waals surface area contributed by atoms with Gasteiger partial charge in [-0.2, -0.15) is 0 Å². The number of halogens is 1. The van der Waals surface area contributed by atoms with Crippen LogP contribution >= 0.6 is 15.9 Å². The average Bonchev–Trinajstić information content (AvgIpc) is 2.12. The molecule has 0 heterocycles. The summed E-state index contributed by atoms with van der Waals surface area (Å²) in [4.78, 5) is 14.3. The smallest absolute Gasteiger partial charge is 0.228 e. The number of nitrogens with zero attached hydrogens (tertiary/aromatic N) is 1. The van der Waals surface area contributed by atoms with Gasteiger partial charge in [0, 0.05) is 18.4 Å². The summed E-state index contributed by atoms with van der Waals surface area (Å²) in [5, 5.41) is 0. The van der Waals surface area contributed by atoms with Gasteiger partial charge >= 0.3 is 0 Å². The van der Waals surface area contributed by atoms with E-state index in [4.69, 9.17) is 0 Å². The minimum Gasteiger partial charge on any atom is -0.348 e.